The number of hydrogen-bond acceptors (Lipinski definition) is 4. The third-order valence-electron chi connectivity index (χ3n) is 3.79. The Bertz CT molecular complexity index is 900. The summed E-state index contributed by atoms with van der Waals surface area (Å²) in [5.74, 6) is 0.186. The van der Waals surface area contributed by atoms with Crippen LogP contribution in [-0.4, -0.2) is 38.8 Å². The van der Waals surface area contributed by atoms with Gasteiger partial charge in [0.15, 0.2) is 0 Å². The van der Waals surface area contributed by atoms with E-state index >= 15 is 0 Å². The van der Waals surface area contributed by atoms with Gasteiger partial charge in [0.25, 0.3) is 0 Å². The number of halogens is 1. The van der Waals surface area contributed by atoms with Crippen LogP contribution in [0.1, 0.15) is 12.5 Å². The maximum absolute atomic E-state index is 12.8. The zero-order valence-electron chi connectivity index (χ0n) is 14.8. The van der Waals surface area contributed by atoms with Crippen LogP contribution in [0.5, 0.6) is 5.75 Å². The molecule has 0 spiro atoms. The fraction of sp³-hybridized carbons (Fsp3) is 0.278. The summed E-state index contributed by atoms with van der Waals surface area (Å²) in [5.41, 5.74) is 1.35. The minimum absolute atomic E-state index is 0.161. The van der Waals surface area contributed by atoms with Crippen molar-refractivity contribution in [1.29, 1.82) is 0 Å². The summed E-state index contributed by atoms with van der Waals surface area (Å²) < 4.78 is 32.7. The highest BCUT2D eigenvalue weighted by Gasteiger charge is 2.25. The van der Waals surface area contributed by atoms with Crippen LogP contribution >= 0.6 is 15.9 Å². The summed E-state index contributed by atoms with van der Waals surface area (Å²) in [6.45, 7) is 3.42. The first-order valence-electron chi connectivity index (χ1n) is 7.98. The largest absolute Gasteiger partial charge is 0.497 e. The predicted molar refractivity (Wildman–Crippen MR) is 105 cm³/mol. The number of benzene rings is 2. The standard InChI is InChI=1S/C18H21BrN2O4S/c1-4-21(26(23,24)16-8-9-17(19)13(2)10-16)12-18(22)20-14-6-5-7-15(11-14)25-3/h5-11H,4,12H2,1-3H3,(H,20,22). The number of carbonyl (C=O) groups excluding carboxylic acids is 1. The monoisotopic (exact) mass is 440 g/mol. The van der Waals surface area contributed by atoms with Crippen LogP contribution in [0.4, 0.5) is 5.69 Å². The maximum Gasteiger partial charge on any atom is 0.243 e. The van der Waals surface area contributed by atoms with Crippen molar-refractivity contribution in [2.24, 2.45) is 0 Å². The Labute approximate surface area is 162 Å². The maximum atomic E-state index is 12.8. The number of aryl methyl sites for hydroxylation is 1. The smallest absolute Gasteiger partial charge is 0.243 e. The molecule has 0 aliphatic heterocycles. The molecule has 0 atom stereocenters. The van der Waals surface area contributed by atoms with Gasteiger partial charge in [-0.05, 0) is 42.8 Å². The lowest BCUT2D eigenvalue weighted by Gasteiger charge is -2.20. The van der Waals surface area contributed by atoms with E-state index in [1.54, 1.807) is 43.3 Å². The molecule has 0 aromatic heterocycles. The Morgan fingerprint density at radius 2 is 1.96 bits per heavy atom. The number of amides is 1. The van der Waals surface area contributed by atoms with Crippen LogP contribution in [0.25, 0.3) is 0 Å². The van der Waals surface area contributed by atoms with Gasteiger partial charge in [-0.25, -0.2) is 8.42 Å². The number of rotatable bonds is 7. The van der Waals surface area contributed by atoms with Crippen molar-refractivity contribution in [2.75, 3.05) is 25.5 Å². The van der Waals surface area contributed by atoms with Gasteiger partial charge in [0, 0.05) is 22.8 Å². The van der Waals surface area contributed by atoms with Gasteiger partial charge >= 0.3 is 0 Å². The van der Waals surface area contributed by atoms with Crippen molar-refractivity contribution >= 4 is 37.5 Å². The zero-order valence-corrected chi connectivity index (χ0v) is 17.2. The number of methoxy groups -OCH3 is 1. The fourth-order valence-electron chi connectivity index (χ4n) is 2.35. The van der Waals surface area contributed by atoms with Crippen molar-refractivity contribution in [3.63, 3.8) is 0 Å². The molecule has 0 fully saturated rings. The Hall–Kier alpha value is -1.90. The number of nitrogens with one attached hydrogen (secondary N) is 1. The van der Waals surface area contributed by atoms with Gasteiger partial charge in [-0.1, -0.05) is 28.9 Å². The number of anilines is 1. The second kappa shape index (κ2) is 8.66. The molecule has 6 nitrogen and oxygen atoms in total. The molecule has 2 rings (SSSR count). The van der Waals surface area contributed by atoms with Gasteiger partial charge in [-0.2, -0.15) is 4.31 Å². The van der Waals surface area contributed by atoms with Gasteiger partial charge in [-0.15, -0.1) is 0 Å². The molecule has 0 radical (unpaired) electrons. The minimum atomic E-state index is -3.76. The lowest BCUT2D eigenvalue weighted by Crippen LogP contribution is -2.37. The third-order valence-corrected chi connectivity index (χ3v) is 6.60. The molecule has 0 saturated carbocycles. The second-order valence-electron chi connectivity index (χ2n) is 5.62. The quantitative estimate of drug-likeness (QED) is 0.715. The van der Waals surface area contributed by atoms with E-state index in [9.17, 15) is 13.2 Å². The highest BCUT2D eigenvalue weighted by Crippen LogP contribution is 2.23. The topological polar surface area (TPSA) is 75.7 Å². The lowest BCUT2D eigenvalue weighted by molar-refractivity contribution is -0.116. The van der Waals surface area contributed by atoms with E-state index in [1.165, 1.54) is 13.2 Å². The summed E-state index contributed by atoms with van der Waals surface area (Å²) >= 11 is 3.36. The molecule has 0 aliphatic rings. The summed E-state index contributed by atoms with van der Waals surface area (Å²) in [6.07, 6.45) is 0. The van der Waals surface area contributed by atoms with Crippen LogP contribution in [0, 0.1) is 6.92 Å². The summed E-state index contributed by atoms with van der Waals surface area (Å²) in [4.78, 5) is 12.5. The highest BCUT2D eigenvalue weighted by atomic mass is 79.9. The highest BCUT2D eigenvalue weighted by molar-refractivity contribution is 9.10. The van der Waals surface area contributed by atoms with Crippen LogP contribution < -0.4 is 10.1 Å². The number of carbonyl (C=O) groups is 1. The Balaban J connectivity index is 2.16. The first kappa shape index (κ1) is 20.4. The Morgan fingerprint density at radius 1 is 1.23 bits per heavy atom. The summed E-state index contributed by atoms with van der Waals surface area (Å²) in [7, 11) is -2.23. The van der Waals surface area contributed by atoms with E-state index in [0.717, 1.165) is 14.3 Å². The first-order valence-corrected chi connectivity index (χ1v) is 10.2. The Morgan fingerprint density at radius 3 is 2.58 bits per heavy atom. The Kier molecular flexibility index (Phi) is 6.80. The van der Waals surface area contributed by atoms with E-state index in [2.05, 4.69) is 21.2 Å². The van der Waals surface area contributed by atoms with Crippen LogP contribution in [0.3, 0.4) is 0 Å². The SMILES string of the molecule is CCN(CC(=O)Nc1cccc(OC)c1)S(=O)(=O)c1ccc(Br)c(C)c1. The van der Waals surface area contributed by atoms with Gasteiger partial charge in [-0.3, -0.25) is 4.79 Å². The average Bonchev–Trinajstić information content (AvgIpc) is 2.61. The van der Waals surface area contributed by atoms with E-state index < -0.39 is 15.9 Å². The summed E-state index contributed by atoms with van der Waals surface area (Å²) in [5, 5.41) is 2.69. The van der Waals surface area contributed by atoms with E-state index in [0.29, 0.717) is 11.4 Å². The molecule has 26 heavy (non-hydrogen) atoms. The average molecular weight is 441 g/mol. The molecule has 2 aromatic rings. The molecule has 1 N–H and O–H groups in total. The van der Waals surface area contributed by atoms with Crippen molar-refractivity contribution in [3.8, 4) is 5.75 Å². The van der Waals surface area contributed by atoms with Crippen molar-refractivity contribution in [2.45, 2.75) is 18.7 Å². The van der Waals surface area contributed by atoms with Gasteiger partial charge in [0.05, 0.1) is 18.6 Å². The molecular weight excluding hydrogens is 420 g/mol. The van der Waals surface area contributed by atoms with E-state index in [1.807, 2.05) is 6.92 Å². The van der Waals surface area contributed by atoms with Crippen LogP contribution in [0.15, 0.2) is 51.8 Å². The number of nitrogens with zero attached hydrogens (tertiary/aromatic N) is 1. The van der Waals surface area contributed by atoms with E-state index in [4.69, 9.17) is 4.74 Å². The predicted octanol–water partition coefficient (Wildman–Crippen LogP) is 3.42. The second-order valence-corrected chi connectivity index (χ2v) is 8.41. The molecule has 140 valence electrons. The molecule has 1 amide bonds. The molecule has 0 aliphatic carbocycles. The van der Waals surface area contributed by atoms with Gasteiger partial charge in [0.2, 0.25) is 15.9 Å². The van der Waals surface area contributed by atoms with Gasteiger partial charge < -0.3 is 10.1 Å². The third kappa shape index (κ3) is 4.84. The lowest BCUT2D eigenvalue weighted by atomic mass is 10.2. The molecule has 0 saturated heterocycles. The van der Waals surface area contributed by atoms with E-state index in [-0.39, 0.29) is 18.0 Å². The van der Waals surface area contributed by atoms with Crippen LogP contribution in [0.2, 0.25) is 0 Å². The molecule has 0 unspecified atom stereocenters. The molecular formula is C18H21BrN2O4S. The fourth-order valence-corrected chi connectivity index (χ4v) is 4.09. The number of likely N-dealkylation sites (N-methyl/N-ethyl adjacent to an activating group) is 1. The van der Waals surface area contributed by atoms with Crippen molar-refractivity contribution < 1.29 is 17.9 Å². The van der Waals surface area contributed by atoms with Gasteiger partial charge in [0.1, 0.15) is 5.75 Å². The normalized spacial score (nSPS) is 11.4. The first-order chi connectivity index (χ1) is 12.3. The van der Waals surface area contributed by atoms with Crippen molar-refractivity contribution in [1.82, 2.24) is 4.31 Å². The molecule has 0 bridgehead atoms. The van der Waals surface area contributed by atoms with Crippen LogP contribution in [-0.2, 0) is 14.8 Å². The molecule has 8 heteroatoms. The number of hydrogen-bond donors (Lipinski definition) is 1. The zero-order chi connectivity index (χ0) is 19.3. The summed E-state index contributed by atoms with van der Waals surface area (Å²) in [6, 6.07) is 11.7. The number of sulfonamides is 1. The molecule has 2 aromatic carbocycles. The van der Waals surface area contributed by atoms with Crippen molar-refractivity contribution in [3.05, 3.63) is 52.5 Å². The number of ether oxygens (including phenoxy) is 1. The molecule has 0 heterocycles. The minimum Gasteiger partial charge on any atom is -0.497 e.